The van der Waals surface area contributed by atoms with E-state index in [0.29, 0.717) is 6.54 Å². The molecule has 3 aliphatic heterocycles. The van der Waals surface area contributed by atoms with Gasteiger partial charge in [0.15, 0.2) is 0 Å². The highest BCUT2D eigenvalue weighted by molar-refractivity contribution is 5.73. The van der Waals surface area contributed by atoms with Crippen molar-refractivity contribution < 1.29 is 23.1 Å². The quantitative estimate of drug-likeness (QED) is 0.645. The van der Waals surface area contributed by atoms with Crippen LogP contribution in [0.25, 0.3) is 0 Å². The van der Waals surface area contributed by atoms with Crippen molar-refractivity contribution >= 4 is 12.0 Å². The lowest BCUT2D eigenvalue weighted by atomic mass is 9.74. The molecule has 172 valence electrons. The smallest absolute Gasteiger partial charge is 0.410 e. The number of nitrogens with zero attached hydrogens (tertiary/aromatic N) is 3. The van der Waals surface area contributed by atoms with Gasteiger partial charge in [-0.25, -0.2) is 13.6 Å². The van der Waals surface area contributed by atoms with Gasteiger partial charge in [0.25, 0.3) is 6.43 Å². The molecular weight excluding hydrogens is 392 g/mol. The molecule has 1 spiro atoms. The first-order chi connectivity index (χ1) is 14.2. The van der Waals surface area contributed by atoms with Crippen LogP contribution in [0.15, 0.2) is 0 Å². The van der Waals surface area contributed by atoms with Crippen LogP contribution in [-0.2, 0) is 9.53 Å². The van der Waals surface area contributed by atoms with Gasteiger partial charge >= 0.3 is 6.09 Å². The van der Waals surface area contributed by atoms with Crippen LogP contribution in [0.1, 0.15) is 65.7 Å². The lowest BCUT2D eigenvalue weighted by Gasteiger charge is -2.55. The lowest BCUT2D eigenvalue weighted by Crippen LogP contribution is -2.63. The van der Waals surface area contributed by atoms with Crippen molar-refractivity contribution in [2.24, 2.45) is 5.92 Å². The van der Waals surface area contributed by atoms with Gasteiger partial charge in [-0.05, 0) is 26.2 Å². The predicted octanol–water partition coefficient (Wildman–Crippen LogP) is 3.75. The van der Waals surface area contributed by atoms with E-state index in [1.54, 1.807) is 6.92 Å². The van der Waals surface area contributed by atoms with Gasteiger partial charge in [-0.2, -0.15) is 0 Å². The topological polar surface area (TPSA) is 53.1 Å². The zero-order chi connectivity index (χ0) is 21.9. The van der Waals surface area contributed by atoms with Crippen molar-refractivity contribution in [1.29, 1.82) is 0 Å². The first kappa shape index (κ1) is 23.2. The van der Waals surface area contributed by atoms with Gasteiger partial charge in [-0.1, -0.05) is 19.8 Å². The molecule has 0 N–H and O–H groups in total. The lowest BCUT2D eigenvalue weighted by molar-refractivity contribution is -0.140. The number of rotatable bonds is 6. The van der Waals surface area contributed by atoms with Crippen molar-refractivity contribution in [3.8, 4) is 0 Å². The zero-order valence-corrected chi connectivity index (χ0v) is 18.7. The fraction of sp³-hybridized carbons (Fsp3) is 0.909. The van der Waals surface area contributed by atoms with E-state index in [4.69, 9.17) is 4.74 Å². The third kappa shape index (κ3) is 4.89. The summed E-state index contributed by atoms with van der Waals surface area (Å²) in [7, 11) is 0. The van der Waals surface area contributed by atoms with Crippen molar-refractivity contribution in [1.82, 2.24) is 14.7 Å². The van der Waals surface area contributed by atoms with Crippen molar-refractivity contribution in [3.63, 3.8) is 0 Å². The van der Waals surface area contributed by atoms with Gasteiger partial charge < -0.3 is 14.5 Å². The highest BCUT2D eigenvalue weighted by Gasteiger charge is 2.51. The number of likely N-dealkylation sites (tertiary alicyclic amines) is 2. The second-order valence-corrected chi connectivity index (χ2v) is 9.56. The molecule has 3 fully saturated rings. The van der Waals surface area contributed by atoms with E-state index in [0.717, 1.165) is 71.1 Å². The predicted molar refractivity (Wildman–Crippen MR) is 111 cm³/mol. The maximum Gasteiger partial charge on any atom is 0.410 e. The molecule has 0 saturated carbocycles. The maximum absolute atomic E-state index is 12.9. The number of carbonyl (C=O) groups excluding carboxylic acids is 2. The first-order valence-corrected chi connectivity index (χ1v) is 11.5. The summed E-state index contributed by atoms with van der Waals surface area (Å²) >= 11 is 0. The molecule has 3 heterocycles. The number of ether oxygens (including phenoxy) is 1. The normalized spacial score (nSPS) is 26.9. The van der Waals surface area contributed by atoms with E-state index < -0.39 is 24.7 Å². The van der Waals surface area contributed by atoms with Crippen LogP contribution in [0.5, 0.6) is 0 Å². The molecule has 0 bridgehead atoms. The Morgan fingerprint density at radius 2 is 1.80 bits per heavy atom. The minimum Gasteiger partial charge on any atom is -0.442 e. The van der Waals surface area contributed by atoms with Crippen LogP contribution < -0.4 is 0 Å². The van der Waals surface area contributed by atoms with Gasteiger partial charge in [-0.15, -0.1) is 0 Å². The third-order valence-electron chi connectivity index (χ3n) is 7.66. The Kier molecular flexibility index (Phi) is 7.25. The number of hydrogen-bond acceptors (Lipinski definition) is 4. The largest absolute Gasteiger partial charge is 0.442 e. The van der Waals surface area contributed by atoms with Gasteiger partial charge in [0.1, 0.15) is 5.60 Å². The molecule has 0 aromatic carbocycles. The number of unbranched alkanes of at least 4 members (excludes halogenated alkanes) is 1. The molecule has 8 heteroatoms. The molecule has 6 nitrogen and oxygen atoms in total. The second-order valence-electron chi connectivity index (χ2n) is 9.56. The van der Waals surface area contributed by atoms with E-state index in [1.165, 1.54) is 4.90 Å². The summed E-state index contributed by atoms with van der Waals surface area (Å²) in [5.41, 5.74) is -0.481. The molecule has 0 aliphatic carbocycles. The van der Waals surface area contributed by atoms with E-state index in [-0.39, 0.29) is 17.4 Å². The van der Waals surface area contributed by atoms with E-state index in [1.807, 2.05) is 4.90 Å². The minimum absolute atomic E-state index is 0.0485. The molecular formula is C22H37F2N3O3. The number of piperidine rings is 2. The van der Waals surface area contributed by atoms with E-state index >= 15 is 0 Å². The van der Waals surface area contributed by atoms with E-state index in [2.05, 4.69) is 18.7 Å². The Labute approximate surface area is 178 Å². The zero-order valence-electron chi connectivity index (χ0n) is 18.7. The molecule has 0 unspecified atom stereocenters. The van der Waals surface area contributed by atoms with Crippen LogP contribution >= 0.6 is 0 Å². The van der Waals surface area contributed by atoms with Crippen LogP contribution in [0.3, 0.4) is 0 Å². The van der Waals surface area contributed by atoms with Crippen LogP contribution in [0.4, 0.5) is 13.6 Å². The summed E-state index contributed by atoms with van der Waals surface area (Å²) in [6.07, 6.45) is 3.21. The SMILES string of the molecule is CCCC[C@H]1CN(CC(F)F)C(=O)OC12CCN(C1(C)CCN(C(C)=O)CC1)CC2. The second kappa shape index (κ2) is 9.37. The summed E-state index contributed by atoms with van der Waals surface area (Å²) < 4.78 is 31.7. The Morgan fingerprint density at radius 1 is 1.17 bits per heavy atom. The Balaban J connectivity index is 1.65. The summed E-state index contributed by atoms with van der Waals surface area (Å²) in [5.74, 6) is 0.235. The molecule has 2 amide bonds. The molecule has 0 aromatic rings. The fourth-order valence-corrected chi connectivity index (χ4v) is 5.50. The Morgan fingerprint density at radius 3 is 2.33 bits per heavy atom. The number of carbonyl (C=O) groups is 2. The van der Waals surface area contributed by atoms with Gasteiger partial charge in [-0.3, -0.25) is 9.69 Å². The average Bonchev–Trinajstić information content (AvgIpc) is 2.69. The number of alkyl halides is 2. The monoisotopic (exact) mass is 429 g/mol. The van der Waals surface area contributed by atoms with Crippen LogP contribution in [-0.4, -0.2) is 83.5 Å². The van der Waals surface area contributed by atoms with Crippen LogP contribution in [0.2, 0.25) is 0 Å². The van der Waals surface area contributed by atoms with Crippen molar-refractivity contribution in [2.45, 2.75) is 83.3 Å². The molecule has 3 saturated heterocycles. The molecule has 0 aromatic heterocycles. The average molecular weight is 430 g/mol. The Hall–Kier alpha value is -1.44. The standard InChI is InChI=1S/C22H37F2N3O3/c1-4-5-6-18-15-26(16-19(23)24)20(29)30-22(18)9-13-27(14-10-22)21(3)7-11-25(12-8-21)17(2)28/h18-19H,4-16H2,1-3H3/t18-/m0/s1. The molecule has 0 radical (unpaired) electrons. The third-order valence-corrected chi connectivity index (χ3v) is 7.66. The maximum atomic E-state index is 12.9. The number of hydrogen-bond donors (Lipinski definition) is 0. The summed E-state index contributed by atoms with van der Waals surface area (Å²) in [5, 5.41) is 0. The summed E-state index contributed by atoms with van der Waals surface area (Å²) in [6.45, 7) is 9.07. The highest BCUT2D eigenvalue weighted by Crippen LogP contribution is 2.43. The minimum atomic E-state index is -2.54. The molecule has 3 rings (SSSR count). The molecule has 1 atom stereocenters. The van der Waals surface area contributed by atoms with Crippen molar-refractivity contribution in [2.75, 3.05) is 39.3 Å². The summed E-state index contributed by atoms with van der Waals surface area (Å²) in [6, 6.07) is 0. The van der Waals surface area contributed by atoms with Crippen molar-refractivity contribution in [3.05, 3.63) is 0 Å². The summed E-state index contributed by atoms with van der Waals surface area (Å²) in [4.78, 5) is 29.7. The number of amides is 2. The fourth-order valence-electron chi connectivity index (χ4n) is 5.50. The van der Waals surface area contributed by atoms with E-state index in [9.17, 15) is 18.4 Å². The van der Waals surface area contributed by atoms with Gasteiger partial charge in [0.05, 0.1) is 6.54 Å². The van der Waals surface area contributed by atoms with Gasteiger partial charge in [0.2, 0.25) is 5.91 Å². The first-order valence-electron chi connectivity index (χ1n) is 11.5. The Bertz CT molecular complexity index is 615. The number of halogens is 2. The van der Waals surface area contributed by atoms with Gasteiger partial charge in [0, 0.05) is 63.9 Å². The van der Waals surface area contributed by atoms with Crippen LogP contribution in [0, 0.1) is 5.92 Å². The molecule has 3 aliphatic rings. The molecule has 30 heavy (non-hydrogen) atoms. The highest BCUT2D eigenvalue weighted by atomic mass is 19.3.